The maximum Gasteiger partial charge on any atom is 0.116 e. The second-order valence-corrected chi connectivity index (χ2v) is 3.69. The first kappa shape index (κ1) is 11.6. The summed E-state index contributed by atoms with van der Waals surface area (Å²) in [5, 5.41) is 2.14. The molecule has 0 bridgehead atoms. The molecule has 0 aliphatic carbocycles. The Hall–Kier alpha value is -1.44. The highest BCUT2D eigenvalue weighted by Crippen LogP contribution is 2.03. The van der Waals surface area contributed by atoms with Crippen LogP contribution in [0, 0.1) is 0 Å². The minimum absolute atomic E-state index is 0.420. The molecular weight excluding hydrogens is 184 g/mol. The molecular formula is C13H18N2. The summed E-state index contributed by atoms with van der Waals surface area (Å²) < 4.78 is 0. The number of nitrogens with zero attached hydrogens (tertiary/aromatic N) is 2. The molecule has 0 aliphatic rings. The molecule has 1 aromatic rings. The van der Waals surface area contributed by atoms with Gasteiger partial charge in [0.15, 0.2) is 0 Å². The third-order valence-corrected chi connectivity index (χ3v) is 2.22. The minimum atomic E-state index is 0.420. The van der Waals surface area contributed by atoms with Gasteiger partial charge < -0.3 is 0 Å². The van der Waals surface area contributed by atoms with Crippen LogP contribution in [-0.4, -0.2) is 9.97 Å². The van der Waals surface area contributed by atoms with Crippen LogP contribution in [0.4, 0.5) is 0 Å². The van der Waals surface area contributed by atoms with Gasteiger partial charge in [-0.1, -0.05) is 38.2 Å². The van der Waals surface area contributed by atoms with Gasteiger partial charge in [0, 0.05) is 5.22 Å². The average Bonchev–Trinajstić information content (AvgIpc) is 2.25. The van der Waals surface area contributed by atoms with Crippen LogP contribution in [0.2, 0.25) is 0 Å². The molecule has 0 saturated heterocycles. The molecule has 0 radical (unpaired) electrons. The maximum atomic E-state index is 4.34. The normalized spacial score (nSPS) is 14.5. The molecule has 1 heterocycles. The molecule has 0 spiro atoms. The van der Waals surface area contributed by atoms with Gasteiger partial charge in [-0.15, -0.1) is 0 Å². The van der Waals surface area contributed by atoms with E-state index in [4.69, 9.17) is 0 Å². The molecule has 1 rings (SSSR count). The molecule has 0 fully saturated rings. The van der Waals surface area contributed by atoms with Crippen molar-refractivity contribution in [1.29, 1.82) is 0 Å². The first-order chi connectivity index (χ1) is 7.20. The van der Waals surface area contributed by atoms with Crippen LogP contribution in [0.3, 0.4) is 0 Å². The Kier molecular flexibility index (Phi) is 4.22. The maximum absolute atomic E-state index is 4.34. The van der Waals surface area contributed by atoms with Gasteiger partial charge in [-0.25, -0.2) is 9.97 Å². The van der Waals surface area contributed by atoms with Crippen LogP contribution in [0.1, 0.15) is 39.3 Å². The first-order valence-corrected chi connectivity index (χ1v) is 5.31. The Labute approximate surface area is 91.1 Å². The SMILES string of the molecule is C\C=C/C=c1/c(C(C)C)ncn/c1=C/C. The molecule has 0 unspecified atom stereocenters. The zero-order valence-electron chi connectivity index (χ0n) is 9.86. The van der Waals surface area contributed by atoms with E-state index in [2.05, 4.69) is 29.9 Å². The Morgan fingerprint density at radius 1 is 1.20 bits per heavy atom. The highest BCUT2D eigenvalue weighted by atomic mass is 14.8. The zero-order chi connectivity index (χ0) is 11.3. The molecule has 80 valence electrons. The minimum Gasteiger partial charge on any atom is -0.240 e. The molecule has 2 nitrogen and oxygen atoms in total. The van der Waals surface area contributed by atoms with Crippen molar-refractivity contribution in [3.63, 3.8) is 0 Å². The Morgan fingerprint density at radius 3 is 2.47 bits per heavy atom. The Morgan fingerprint density at radius 2 is 1.93 bits per heavy atom. The molecule has 0 saturated carbocycles. The van der Waals surface area contributed by atoms with Crippen LogP contribution in [0.5, 0.6) is 0 Å². The largest absolute Gasteiger partial charge is 0.240 e. The molecule has 0 N–H and O–H groups in total. The van der Waals surface area contributed by atoms with Gasteiger partial charge in [-0.05, 0) is 19.8 Å². The quantitative estimate of drug-likeness (QED) is 0.730. The summed E-state index contributed by atoms with van der Waals surface area (Å²) in [6, 6.07) is 0. The lowest BCUT2D eigenvalue weighted by molar-refractivity contribution is 0.798. The first-order valence-electron chi connectivity index (χ1n) is 5.31. The van der Waals surface area contributed by atoms with Crippen molar-refractivity contribution in [2.75, 3.05) is 0 Å². The van der Waals surface area contributed by atoms with Crippen molar-refractivity contribution in [3.8, 4) is 0 Å². The summed E-state index contributed by atoms with van der Waals surface area (Å²) in [7, 11) is 0. The number of hydrogen-bond donors (Lipinski definition) is 0. The second kappa shape index (κ2) is 5.44. The van der Waals surface area contributed by atoms with Gasteiger partial charge in [0.2, 0.25) is 0 Å². The summed E-state index contributed by atoms with van der Waals surface area (Å²) in [5.74, 6) is 0.420. The highest BCUT2D eigenvalue weighted by molar-refractivity contribution is 5.39. The lowest BCUT2D eigenvalue weighted by Crippen LogP contribution is -2.33. The predicted octanol–water partition coefficient (Wildman–Crippen LogP) is 1.76. The summed E-state index contributed by atoms with van der Waals surface area (Å²) in [4.78, 5) is 8.60. The van der Waals surface area contributed by atoms with Crippen molar-refractivity contribution in [3.05, 3.63) is 34.7 Å². The number of aromatic nitrogens is 2. The van der Waals surface area contributed by atoms with E-state index in [-0.39, 0.29) is 0 Å². The van der Waals surface area contributed by atoms with Crippen LogP contribution < -0.4 is 10.6 Å². The zero-order valence-corrected chi connectivity index (χ0v) is 9.86. The highest BCUT2D eigenvalue weighted by Gasteiger charge is 2.02. The second-order valence-electron chi connectivity index (χ2n) is 3.69. The third kappa shape index (κ3) is 2.75. The Bertz CT molecular complexity index is 456. The molecule has 1 aromatic heterocycles. The van der Waals surface area contributed by atoms with E-state index in [9.17, 15) is 0 Å². The van der Waals surface area contributed by atoms with Crippen molar-refractivity contribution in [2.45, 2.75) is 33.6 Å². The molecule has 15 heavy (non-hydrogen) atoms. The summed E-state index contributed by atoms with van der Waals surface area (Å²) in [6.45, 7) is 8.30. The van der Waals surface area contributed by atoms with E-state index >= 15 is 0 Å². The summed E-state index contributed by atoms with van der Waals surface area (Å²) in [6.07, 6.45) is 9.76. The summed E-state index contributed by atoms with van der Waals surface area (Å²) in [5.41, 5.74) is 1.11. The van der Waals surface area contributed by atoms with E-state index in [0.29, 0.717) is 5.92 Å². The van der Waals surface area contributed by atoms with E-state index in [1.165, 1.54) is 0 Å². The van der Waals surface area contributed by atoms with Gasteiger partial charge in [-0.2, -0.15) is 0 Å². The molecule has 0 aromatic carbocycles. The molecule has 0 atom stereocenters. The van der Waals surface area contributed by atoms with Crippen molar-refractivity contribution in [1.82, 2.24) is 9.97 Å². The Balaban J connectivity index is 3.55. The van der Waals surface area contributed by atoms with Crippen molar-refractivity contribution < 1.29 is 0 Å². The number of rotatable bonds is 2. The van der Waals surface area contributed by atoms with E-state index < -0.39 is 0 Å². The van der Waals surface area contributed by atoms with Gasteiger partial charge in [0.1, 0.15) is 6.33 Å². The third-order valence-electron chi connectivity index (χ3n) is 2.22. The van der Waals surface area contributed by atoms with Gasteiger partial charge in [0.25, 0.3) is 0 Å². The van der Waals surface area contributed by atoms with E-state index in [1.54, 1.807) is 6.33 Å². The fourth-order valence-electron chi connectivity index (χ4n) is 1.48. The fourth-order valence-corrected chi connectivity index (χ4v) is 1.48. The van der Waals surface area contributed by atoms with Crippen molar-refractivity contribution in [2.24, 2.45) is 0 Å². The van der Waals surface area contributed by atoms with Crippen LogP contribution in [0.15, 0.2) is 18.5 Å². The van der Waals surface area contributed by atoms with Crippen molar-refractivity contribution >= 4 is 12.2 Å². The fraction of sp³-hybridized carbons (Fsp3) is 0.385. The smallest absolute Gasteiger partial charge is 0.116 e. The van der Waals surface area contributed by atoms with Crippen LogP contribution in [0.25, 0.3) is 12.2 Å². The number of hydrogen-bond acceptors (Lipinski definition) is 2. The van der Waals surface area contributed by atoms with Gasteiger partial charge in [-0.3, -0.25) is 0 Å². The topological polar surface area (TPSA) is 25.8 Å². The number of allylic oxidation sites excluding steroid dienone is 2. The lowest BCUT2D eigenvalue weighted by atomic mass is 10.1. The van der Waals surface area contributed by atoms with E-state index in [0.717, 1.165) is 16.3 Å². The monoisotopic (exact) mass is 202 g/mol. The van der Waals surface area contributed by atoms with Crippen LogP contribution >= 0.6 is 0 Å². The average molecular weight is 202 g/mol. The molecule has 2 heteroatoms. The summed E-state index contributed by atoms with van der Waals surface area (Å²) >= 11 is 0. The molecule has 0 amide bonds. The van der Waals surface area contributed by atoms with Gasteiger partial charge >= 0.3 is 0 Å². The molecule has 0 aliphatic heterocycles. The predicted molar refractivity (Wildman–Crippen MR) is 64.8 cm³/mol. The van der Waals surface area contributed by atoms with Gasteiger partial charge in [0.05, 0.1) is 11.0 Å². The van der Waals surface area contributed by atoms with E-state index in [1.807, 2.05) is 32.1 Å². The lowest BCUT2D eigenvalue weighted by Gasteiger charge is -2.04. The standard InChI is InChI=1S/C13H18N2/c1-5-7-8-11-12(6-2)14-9-15-13(11)10(3)4/h5-10H,1-4H3/b7-5-,11-8+,12-6+. The van der Waals surface area contributed by atoms with Crippen LogP contribution in [-0.2, 0) is 0 Å².